The molecule has 0 atom stereocenters. The van der Waals surface area contributed by atoms with Gasteiger partial charge in [0.15, 0.2) is 0 Å². The molecule has 0 aromatic heterocycles. The van der Waals surface area contributed by atoms with Crippen molar-refractivity contribution < 1.29 is 14.4 Å². The minimum atomic E-state index is -0.0931. The average molecular weight is 434 g/mol. The van der Waals surface area contributed by atoms with Crippen molar-refractivity contribution in [3.05, 3.63) is 65.2 Å². The van der Waals surface area contributed by atoms with Gasteiger partial charge in [0.2, 0.25) is 5.91 Å². The average Bonchev–Trinajstić information content (AvgIpc) is 3.68. The second-order valence-electron chi connectivity index (χ2n) is 9.05. The Balaban J connectivity index is 1.41. The monoisotopic (exact) mass is 433 g/mol. The summed E-state index contributed by atoms with van der Waals surface area (Å²) in [6.07, 6.45) is 1.85. The highest BCUT2D eigenvalue weighted by Gasteiger charge is 2.34. The molecule has 2 aliphatic rings. The molecule has 1 aliphatic heterocycles. The Morgan fingerprint density at radius 2 is 1.41 bits per heavy atom. The summed E-state index contributed by atoms with van der Waals surface area (Å²) in [6.45, 7) is 6.20. The molecule has 0 N–H and O–H groups in total. The number of rotatable bonds is 5. The van der Waals surface area contributed by atoms with Crippen LogP contribution in [0.3, 0.4) is 0 Å². The van der Waals surface area contributed by atoms with Gasteiger partial charge in [0.1, 0.15) is 0 Å². The second kappa shape index (κ2) is 9.15. The van der Waals surface area contributed by atoms with Gasteiger partial charge in [0.05, 0.1) is 11.3 Å². The van der Waals surface area contributed by atoms with Crippen LogP contribution in [0.5, 0.6) is 0 Å². The lowest BCUT2D eigenvalue weighted by atomic mass is 10.0. The van der Waals surface area contributed by atoms with E-state index in [0.717, 1.165) is 12.8 Å². The second-order valence-corrected chi connectivity index (χ2v) is 9.05. The number of hydrogen-bond donors (Lipinski definition) is 0. The standard InChI is InChI=1S/C26H31N3O3/c1-18(2)19-8-10-21(11-9-19)25(31)28-14-16-29(17-15-28)26(32)22-6-4-5-7-23(22)27(3)24(30)20-12-13-20/h4-11,18,20H,12-17H2,1-3H3. The van der Waals surface area contributed by atoms with Crippen LogP contribution in [-0.2, 0) is 4.79 Å². The number of nitrogens with zero attached hydrogens (tertiary/aromatic N) is 3. The molecule has 1 saturated carbocycles. The summed E-state index contributed by atoms with van der Waals surface area (Å²) in [5.41, 5.74) is 3.08. The zero-order valence-corrected chi connectivity index (χ0v) is 19.1. The molecule has 0 unspecified atom stereocenters. The van der Waals surface area contributed by atoms with Crippen LogP contribution in [0, 0.1) is 5.92 Å². The van der Waals surface area contributed by atoms with E-state index in [9.17, 15) is 14.4 Å². The summed E-state index contributed by atoms with van der Waals surface area (Å²) in [5, 5.41) is 0. The molecule has 6 heteroatoms. The largest absolute Gasteiger partial charge is 0.335 e. The van der Waals surface area contributed by atoms with Gasteiger partial charge >= 0.3 is 0 Å². The molecule has 1 saturated heterocycles. The Kier molecular flexibility index (Phi) is 6.31. The molecule has 6 nitrogen and oxygen atoms in total. The van der Waals surface area contributed by atoms with E-state index < -0.39 is 0 Å². The van der Waals surface area contributed by atoms with Gasteiger partial charge in [0.25, 0.3) is 11.8 Å². The van der Waals surface area contributed by atoms with Crippen LogP contribution in [0.1, 0.15) is 58.9 Å². The summed E-state index contributed by atoms with van der Waals surface area (Å²) in [7, 11) is 1.74. The highest BCUT2D eigenvalue weighted by molar-refractivity contribution is 6.05. The molecule has 2 aromatic rings. The maximum atomic E-state index is 13.3. The van der Waals surface area contributed by atoms with E-state index >= 15 is 0 Å². The first kappa shape index (κ1) is 22.1. The van der Waals surface area contributed by atoms with Gasteiger partial charge in [-0.25, -0.2) is 0 Å². The molecule has 4 rings (SSSR count). The third-order valence-corrected chi connectivity index (χ3v) is 6.43. The van der Waals surface area contributed by atoms with E-state index in [1.807, 2.05) is 47.4 Å². The Hall–Kier alpha value is -3.15. The van der Waals surface area contributed by atoms with E-state index in [-0.39, 0.29) is 23.6 Å². The molecule has 32 heavy (non-hydrogen) atoms. The van der Waals surface area contributed by atoms with Crippen molar-refractivity contribution in [2.75, 3.05) is 38.1 Å². The third kappa shape index (κ3) is 4.54. The number of hydrogen-bond acceptors (Lipinski definition) is 3. The van der Waals surface area contributed by atoms with Crippen LogP contribution in [0.2, 0.25) is 0 Å². The van der Waals surface area contributed by atoms with Gasteiger partial charge in [-0.15, -0.1) is 0 Å². The summed E-state index contributed by atoms with van der Waals surface area (Å²) in [5.74, 6) is 0.499. The predicted octanol–water partition coefficient (Wildman–Crippen LogP) is 3.78. The Morgan fingerprint density at radius 1 is 0.844 bits per heavy atom. The maximum Gasteiger partial charge on any atom is 0.256 e. The van der Waals surface area contributed by atoms with Gasteiger partial charge < -0.3 is 14.7 Å². The van der Waals surface area contributed by atoms with Gasteiger partial charge in [0, 0.05) is 44.7 Å². The summed E-state index contributed by atoms with van der Waals surface area (Å²) < 4.78 is 0. The first-order valence-electron chi connectivity index (χ1n) is 11.4. The molecular formula is C26H31N3O3. The van der Waals surface area contributed by atoms with Gasteiger partial charge in [-0.3, -0.25) is 14.4 Å². The first-order valence-corrected chi connectivity index (χ1v) is 11.4. The van der Waals surface area contributed by atoms with Crippen LogP contribution in [0.25, 0.3) is 0 Å². The third-order valence-electron chi connectivity index (χ3n) is 6.43. The van der Waals surface area contributed by atoms with E-state index in [1.54, 1.807) is 22.9 Å². The van der Waals surface area contributed by atoms with Crippen LogP contribution in [-0.4, -0.2) is 60.7 Å². The topological polar surface area (TPSA) is 60.9 Å². The van der Waals surface area contributed by atoms with Crippen LogP contribution in [0.4, 0.5) is 5.69 Å². The Labute approximate surface area is 189 Å². The van der Waals surface area contributed by atoms with Crippen molar-refractivity contribution in [1.29, 1.82) is 0 Å². The van der Waals surface area contributed by atoms with Crippen molar-refractivity contribution in [2.45, 2.75) is 32.6 Å². The fourth-order valence-electron chi connectivity index (χ4n) is 4.15. The molecular weight excluding hydrogens is 402 g/mol. The summed E-state index contributed by atoms with van der Waals surface area (Å²) in [4.78, 5) is 43.9. The SMILES string of the molecule is CC(C)c1ccc(C(=O)N2CCN(C(=O)c3ccccc3N(C)C(=O)C3CC3)CC2)cc1. The quantitative estimate of drug-likeness (QED) is 0.721. The highest BCUT2D eigenvalue weighted by atomic mass is 16.2. The number of amides is 3. The normalized spacial score (nSPS) is 16.2. The Bertz CT molecular complexity index is 1000. The maximum absolute atomic E-state index is 13.3. The molecule has 1 heterocycles. The predicted molar refractivity (Wildman–Crippen MR) is 125 cm³/mol. The lowest BCUT2D eigenvalue weighted by Gasteiger charge is -2.35. The lowest BCUT2D eigenvalue weighted by molar-refractivity contribution is -0.119. The fourth-order valence-corrected chi connectivity index (χ4v) is 4.15. The fraction of sp³-hybridized carbons (Fsp3) is 0.423. The van der Waals surface area contributed by atoms with Crippen molar-refractivity contribution in [1.82, 2.24) is 9.80 Å². The zero-order chi connectivity index (χ0) is 22.8. The van der Waals surface area contributed by atoms with Crippen LogP contribution < -0.4 is 4.90 Å². The van der Waals surface area contributed by atoms with E-state index in [1.165, 1.54) is 5.56 Å². The van der Waals surface area contributed by atoms with Gasteiger partial charge in [-0.05, 0) is 48.6 Å². The van der Waals surface area contributed by atoms with Crippen LogP contribution >= 0.6 is 0 Å². The number of carbonyl (C=O) groups is 3. The number of benzene rings is 2. The minimum absolute atomic E-state index is 0.00238. The summed E-state index contributed by atoms with van der Waals surface area (Å²) >= 11 is 0. The smallest absolute Gasteiger partial charge is 0.256 e. The van der Waals surface area contributed by atoms with Crippen molar-refractivity contribution in [3.63, 3.8) is 0 Å². The number of para-hydroxylation sites is 1. The Morgan fingerprint density at radius 3 is 1.97 bits per heavy atom. The molecule has 0 spiro atoms. The molecule has 168 valence electrons. The molecule has 2 fully saturated rings. The molecule has 0 radical (unpaired) electrons. The van der Waals surface area contributed by atoms with Gasteiger partial charge in [-0.2, -0.15) is 0 Å². The van der Waals surface area contributed by atoms with Crippen molar-refractivity contribution in [3.8, 4) is 0 Å². The molecule has 2 aromatic carbocycles. The number of piperazine rings is 1. The van der Waals surface area contributed by atoms with Crippen molar-refractivity contribution >= 4 is 23.4 Å². The highest BCUT2D eigenvalue weighted by Crippen LogP contribution is 2.33. The van der Waals surface area contributed by atoms with E-state index in [4.69, 9.17) is 0 Å². The zero-order valence-electron chi connectivity index (χ0n) is 19.1. The van der Waals surface area contributed by atoms with Crippen molar-refractivity contribution in [2.24, 2.45) is 5.92 Å². The number of carbonyl (C=O) groups excluding carboxylic acids is 3. The van der Waals surface area contributed by atoms with E-state index in [0.29, 0.717) is 48.9 Å². The van der Waals surface area contributed by atoms with Crippen LogP contribution in [0.15, 0.2) is 48.5 Å². The minimum Gasteiger partial charge on any atom is -0.335 e. The van der Waals surface area contributed by atoms with E-state index in [2.05, 4.69) is 13.8 Å². The number of anilines is 1. The van der Waals surface area contributed by atoms with Gasteiger partial charge in [-0.1, -0.05) is 38.1 Å². The molecule has 0 bridgehead atoms. The molecule has 1 aliphatic carbocycles. The molecule has 3 amide bonds. The summed E-state index contributed by atoms with van der Waals surface area (Å²) in [6, 6.07) is 15.1. The lowest BCUT2D eigenvalue weighted by Crippen LogP contribution is -2.50. The first-order chi connectivity index (χ1) is 15.4.